The summed E-state index contributed by atoms with van der Waals surface area (Å²) in [5, 5.41) is 4.76. The third kappa shape index (κ3) is 4.99. The van der Waals surface area contributed by atoms with Crippen LogP contribution in [-0.2, 0) is 17.6 Å². The molecule has 1 fully saturated rings. The van der Waals surface area contributed by atoms with Gasteiger partial charge in [-0.3, -0.25) is 9.78 Å². The fourth-order valence-electron chi connectivity index (χ4n) is 4.40. The highest BCUT2D eigenvalue weighted by Gasteiger charge is 2.27. The number of hydrogen-bond acceptors (Lipinski definition) is 4. The first-order chi connectivity index (χ1) is 14.9. The normalized spacial score (nSPS) is 16.5. The summed E-state index contributed by atoms with van der Waals surface area (Å²) in [5.41, 5.74) is 6.08. The van der Waals surface area contributed by atoms with Crippen LogP contribution in [0.1, 0.15) is 58.3 Å². The first kappa shape index (κ1) is 21.6. The SMILES string of the molecule is Cc1cc(Cc2ccccc2Cl)cc([C@@H]2CCCN(C(=O)Cc3c(C)noc3C)C2)n1. The summed E-state index contributed by atoms with van der Waals surface area (Å²) >= 11 is 6.37. The van der Waals surface area contributed by atoms with Crippen molar-refractivity contribution in [2.24, 2.45) is 0 Å². The van der Waals surface area contributed by atoms with Gasteiger partial charge in [-0.05, 0) is 69.4 Å². The average molecular weight is 438 g/mol. The molecule has 0 radical (unpaired) electrons. The molecule has 0 saturated carbocycles. The molecule has 162 valence electrons. The van der Waals surface area contributed by atoms with Gasteiger partial charge >= 0.3 is 0 Å². The molecule has 6 heteroatoms. The molecule has 1 aliphatic rings. The fraction of sp³-hybridized carbons (Fsp3) is 0.400. The van der Waals surface area contributed by atoms with Crippen molar-refractivity contribution >= 4 is 17.5 Å². The third-order valence-electron chi connectivity index (χ3n) is 6.09. The highest BCUT2D eigenvalue weighted by atomic mass is 35.5. The van der Waals surface area contributed by atoms with Crippen LogP contribution in [0.2, 0.25) is 5.02 Å². The average Bonchev–Trinajstić information content (AvgIpc) is 3.07. The van der Waals surface area contributed by atoms with Crippen LogP contribution < -0.4 is 0 Å². The summed E-state index contributed by atoms with van der Waals surface area (Å²) in [5.74, 6) is 1.10. The molecule has 0 unspecified atom stereocenters. The number of carbonyl (C=O) groups excluding carboxylic acids is 1. The quantitative estimate of drug-likeness (QED) is 0.551. The summed E-state index contributed by atoms with van der Waals surface area (Å²) in [7, 11) is 0. The number of aromatic nitrogens is 2. The molecule has 0 N–H and O–H groups in total. The minimum atomic E-state index is 0.128. The summed E-state index contributed by atoms with van der Waals surface area (Å²) in [6, 6.07) is 12.3. The van der Waals surface area contributed by atoms with Crippen molar-refractivity contribution in [2.75, 3.05) is 13.1 Å². The molecule has 0 aliphatic carbocycles. The van der Waals surface area contributed by atoms with Crippen molar-refractivity contribution in [1.29, 1.82) is 0 Å². The monoisotopic (exact) mass is 437 g/mol. The Morgan fingerprint density at radius 1 is 1.23 bits per heavy atom. The van der Waals surface area contributed by atoms with E-state index in [2.05, 4.69) is 23.4 Å². The minimum absolute atomic E-state index is 0.128. The third-order valence-corrected chi connectivity index (χ3v) is 6.46. The van der Waals surface area contributed by atoms with E-state index in [1.807, 2.05) is 43.9 Å². The van der Waals surface area contributed by atoms with Gasteiger partial charge in [0.05, 0.1) is 12.1 Å². The van der Waals surface area contributed by atoms with E-state index in [0.717, 1.165) is 64.8 Å². The Balaban J connectivity index is 1.49. The zero-order chi connectivity index (χ0) is 22.0. The van der Waals surface area contributed by atoms with Crippen LogP contribution in [-0.4, -0.2) is 34.0 Å². The number of nitrogens with zero attached hydrogens (tertiary/aromatic N) is 3. The predicted molar refractivity (Wildman–Crippen MR) is 121 cm³/mol. The van der Waals surface area contributed by atoms with Gasteiger partial charge in [0.1, 0.15) is 5.76 Å². The van der Waals surface area contributed by atoms with Crippen LogP contribution in [0.4, 0.5) is 0 Å². The van der Waals surface area contributed by atoms with Crippen LogP contribution in [0.3, 0.4) is 0 Å². The van der Waals surface area contributed by atoms with Crippen LogP contribution in [0.5, 0.6) is 0 Å². The summed E-state index contributed by atoms with van der Waals surface area (Å²) in [4.78, 5) is 19.8. The Bertz CT molecular complexity index is 1070. The maximum Gasteiger partial charge on any atom is 0.227 e. The molecule has 3 aromatic rings. The van der Waals surface area contributed by atoms with Crippen molar-refractivity contribution in [2.45, 2.75) is 52.4 Å². The van der Waals surface area contributed by atoms with E-state index in [-0.39, 0.29) is 11.8 Å². The number of amides is 1. The number of pyridine rings is 1. The largest absolute Gasteiger partial charge is 0.361 e. The molecule has 1 atom stereocenters. The Labute approximate surface area is 188 Å². The van der Waals surface area contributed by atoms with Crippen LogP contribution >= 0.6 is 11.6 Å². The molecule has 1 aromatic carbocycles. The van der Waals surface area contributed by atoms with Crippen molar-refractivity contribution in [3.8, 4) is 0 Å². The fourth-order valence-corrected chi connectivity index (χ4v) is 4.61. The van der Waals surface area contributed by atoms with E-state index in [9.17, 15) is 4.79 Å². The lowest BCUT2D eigenvalue weighted by molar-refractivity contribution is -0.131. The maximum absolute atomic E-state index is 13.0. The number of halogens is 1. The van der Waals surface area contributed by atoms with Gasteiger partial charge in [0, 0.05) is 41.0 Å². The molecule has 0 bridgehead atoms. The number of piperidine rings is 1. The second-order valence-corrected chi connectivity index (χ2v) is 8.88. The highest BCUT2D eigenvalue weighted by Crippen LogP contribution is 2.28. The molecular weight excluding hydrogens is 410 g/mol. The molecular formula is C25H28ClN3O2. The van der Waals surface area contributed by atoms with Gasteiger partial charge in [0.25, 0.3) is 0 Å². The second kappa shape index (κ2) is 9.23. The van der Waals surface area contributed by atoms with E-state index in [1.165, 1.54) is 5.56 Å². The smallest absolute Gasteiger partial charge is 0.227 e. The maximum atomic E-state index is 13.0. The number of likely N-dealkylation sites (tertiary alicyclic amines) is 1. The van der Waals surface area contributed by atoms with E-state index in [1.54, 1.807) is 0 Å². The van der Waals surface area contributed by atoms with Gasteiger partial charge in [0.2, 0.25) is 5.91 Å². The van der Waals surface area contributed by atoms with E-state index in [4.69, 9.17) is 21.1 Å². The van der Waals surface area contributed by atoms with Gasteiger partial charge in [-0.2, -0.15) is 0 Å². The molecule has 1 saturated heterocycles. The van der Waals surface area contributed by atoms with Gasteiger partial charge in [-0.15, -0.1) is 0 Å². The van der Waals surface area contributed by atoms with Gasteiger partial charge in [-0.25, -0.2) is 0 Å². The molecule has 31 heavy (non-hydrogen) atoms. The van der Waals surface area contributed by atoms with E-state index in [0.29, 0.717) is 13.0 Å². The Morgan fingerprint density at radius 3 is 2.77 bits per heavy atom. The van der Waals surface area contributed by atoms with Crippen molar-refractivity contribution in [1.82, 2.24) is 15.0 Å². The molecule has 3 heterocycles. The van der Waals surface area contributed by atoms with Gasteiger partial charge in [0.15, 0.2) is 0 Å². The number of benzene rings is 1. The minimum Gasteiger partial charge on any atom is -0.361 e. The summed E-state index contributed by atoms with van der Waals surface area (Å²) < 4.78 is 5.22. The predicted octanol–water partition coefficient (Wildman–Crippen LogP) is 5.19. The van der Waals surface area contributed by atoms with Crippen LogP contribution in [0.25, 0.3) is 0 Å². The molecule has 1 aliphatic heterocycles. The number of hydrogen-bond donors (Lipinski definition) is 0. The molecule has 2 aromatic heterocycles. The molecule has 0 spiro atoms. The highest BCUT2D eigenvalue weighted by molar-refractivity contribution is 6.31. The van der Waals surface area contributed by atoms with Gasteiger partial charge < -0.3 is 9.42 Å². The number of rotatable bonds is 5. The first-order valence-electron chi connectivity index (χ1n) is 10.8. The lowest BCUT2D eigenvalue weighted by Gasteiger charge is -2.33. The van der Waals surface area contributed by atoms with Gasteiger partial charge in [-0.1, -0.05) is 35.0 Å². The zero-order valence-corrected chi connectivity index (χ0v) is 19.1. The summed E-state index contributed by atoms with van der Waals surface area (Å²) in [6.45, 7) is 7.26. The zero-order valence-electron chi connectivity index (χ0n) is 18.3. The van der Waals surface area contributed by atoms with Crippen molar-refractivity contribution in [3.05, 3.63) is 81.0 Å². The molecule has 1 amide bonds. The number of aryl methyl sites for hydroxylation is 3. The lowest BCUT2D eigenvalue weighted by Crippen LogP contribution is -2.40. The second-order valence-electron chi connectivity index (χ2n) is 8.47. The Kier molecular flexibility index (Phi) is 6.42. The topological polar surface area (TPSA) is 59.2 Å². The lowest BCUT2D eigenvalue weighted by atomic mass is 9.92. The van der Waals surface area contributed by atoms with Crippen LogP contribution in [0, 0.1) is 20.8 Å². The van der Waals surface area contributed by atoms with Crippen LogP contribution in [0.15, 0.2) is 40.9 Å². The Morgan fingerprint density at radius 2 is 2.03 bits per heavy atom. The van der Waals surface area contributed by atoms with E-state index >= 15 is 0 Å². The van der Waals surface area contributed by atoms with Crippen molar-refractivity contribution < 1.29 is 9.32 Å². The van der Waals surface area contributed by atoms with E-state index < -0.39 is 0 Å². The first-order valence-corrected chi connectivity index (χ1v) is 11.2. The van der Waals surface area contributed by atoms with Crippen molar-refractivity contribution in [3.63, 3.8) is 0 Å². The molecule has 5 nitrogen and oxygen atoms in total. The number of carbonyl (C=O) groups is 1. The Hall–Kier alpha value is -2.66. The standard InChI is InChI=1S/C25H28ClN3O2/c1-16-11-19(12-20-7-4-5-9-23(20)26)13-24(27-16)21-8-6-10-29(15-21)25(30)14-22-17(2)28-31-18(22)3/h4-5,7,9,11,13,21H,6,8,10,12,14-15H2,1-3H3/t21-/m1/s1. The molecule has 4 rings (SSSR count). The summed E-state index contributed by atoms with van der Waals surface area (Å²) in [6.07, 6.45) is 3.13.